The van der Waals surface area contributed by atoms with Gasteiger partial charge in [0.1, 0.15) is 0 Å². The van der Waals surface area contributed by atoms with Crippen LogP contribution in [0.15, 0.2) is 24.3 Å². The Morgan fingerprint density at radius 3 is 2.44 bits per heavy atom. The number of benzene rings is 1. The molecule has 1 N–H and O–H groups in total. The lowest BCUT2D eigenvalue weighted by atomic mass is 9.85. The third kappa shape index (κ3) is 2.61. The van der Waals surface area contributed by atoms with E-state index in [2.05, 4.69) is 57.3 Å². The third-order valence-corrected chi connectivity index (χ3v) is 4.23. The predicted octanol–water partition coefficient (Wildman–Crippen LogP) is 4.51. The van der Waals surface area contributed by atoms with Gasteiger partial charge in [0.15, 0.2) is 0 Å². The molecule has 1 aromatic rings. The van der Waals surface area contributed by atoms with Crippen molar-refractivity contribution in [2.45, 2.75) is 52.5 Å². The molecule has 100 valence electrons. The van der Waals surface area contributed by atoms with Crippen LogP contribution in [0.25, 0.3) is 0 Å². The van der Waals surface area contributed by atoms with Crippen molar-refractivity contribution < 1.29 is 0 Å². The van der Waals surface area contributed by atoms with Gasteiger partial charge in [-0.3, -0.25) is 0 Å². The summed E-state index contributed by atoms with van der Waals surface area (Å²) in [7, 11) is 0. The second kappa shape index (κ2) is 5.88. The van der Waals surface area contributed by atoms with Crippen molar-refractivity contribution >= 4 is 0 Å². The summed E-state index contributed by atoms with van der Waals surface area (Å²) in [5, 5.41) is 3.74. The molecule has 0 saturated heterocycles. The van der Waals surface area contributed by atoms with Gasteiger partial charge >= 0.3 is 0 Å². The molecule has 1 aliphatic carbocycles. The van der Waals surface area contributed by atoms with E-state index in [4.69, 9.17) is 0 Å². The van der Waals surface area contributed by atoms with E-state index in [1.807, 2.05) is 0 Å². The number of nitrogens with one attached hydrogen (secondary N) is 1. The molecule has 18 heavy (non-hydrogen) atoms. The SMILES string of the molecule is CCCNC1c2ccccc2C(CC(C)C)C1C. The summed E-state index contributed by atoms with van der Waals surface area (Å²) in [6.07, 6.45) is 2.52. The molecular weight excluding hydrogens is 218 g/mol. The molecule has 0 amide bonds. The first-order valence-corrected chi connectivity index (χ1v) is 7.47. The Kier molecular flexibility index (Phi) is 4.45. The first-order chi connectivity index (χ1) is 8.65. The van der Waals surface area contributed by atoms with E-state index in [0.29, 0.717) is 6.04 Å². The molecule has 0 heterocycles. The minimum atomic E-state index is 0.560. The molecule has 0 aliphatic heterocycles. The molecule has 0 bridgehead atoms. The van der Waals surface area contributed by atoms with Gasteiger partial charge in [0, 0.05) is 6.04 Å². The van der Waals surface area contributed by atoms with Gasteiger partial charge in [-0.2, -0.15) is 0 Å². The summed E-state index contributed by atoms with van der Waals surface area (Å²) < 4.78 is 0. The van der Waals surface area contributed by atoms with Gasteiger partial charge in [0.25, 0.3) is 0 Å². The Morgan fingerprint density at radius 2 is 1.83 bits per heavy atom. The zero-order chi connectivity index (χ0) is 13.1. The molecule has 3 unspecified atom stereocenters. The maximum atomic E-state index is 3.74. The lowest BCUT2D eigenvalue weighted by molar-refractivity contribution is 0.334. The van der Waals surface area contributed by atoms with Gasteiger partial charge in [-0.25, -0.2) is 0 Å². The Labute approximate surface area is 112 Å². The summed E-state index contributed by atoms with van der Waals surface area (Å²) in [6.45, 7) is 10.5. The minimum absolute atomic E-state index is 0.560. The zero-order valence-electron chi connectivity index (χ0n) is 12.2. The molecule has 0 radical (unpaired) electrons. The van der Waals surface area contributed by atoms with Crippen LogP contribution in [0.2, 0.25) is 0 Å². The van der Waals surface area contributed by atoms with Gasteiger partial charge < -0.3 is 5.32 Å². The highest BCUT2D eigenvalue weighted by Crippen LogP contribution is 2.47. The smallest absolute Gasteiger partial charge is 0.0354 e. The van der Waals surface area contributed by atoms with E-state index < -0.39 is 0 Å². The number of hydrogen-bond donors (Lipinski definition) is 1. The fourth-order valence-electron chi connectivity index (χ4n) is 3.38. The number of fused-ring (bicyclic) bond motifs is 1. The third-order valence-electron chi connectivity index (χ3n) is 4.23. The van der Waals surface area contributed by atoms with Crippen LogP contribution >= 0.6 is 0 Å². The van der Waals surface area contributed by atoms with E-state index in [1.54, 1.807) is 11.1 Å². The largest absolute Gasteiger partial charge is 0.310 e. The van der Waals surface area contributed by atoms with Crippen LogP contribution in [-0.4, -0.2) is 6.54 Å². The molecule has 2 rings (SSSR count). The average Bonchev–Trinajstić information content (AvgIpc) is 2.60. The highest BCUT2D eigenvalue weighted by Gasteiger charge is 2.37. The second-order valence-corrected chi connectivity index (χ2v) is 6.16. The molecule has 0 spiro atoms. The Hall–Kier alpha value is -0.820. The quantitative estimate of drug-likeness (QED) is 0.805. The van der Waals surface area contributed by atoms with Gasteiger partial charge in [0.2, 0.25) is 0 Å². The lowest BCUT2D eigenvalue weighted by Gasteiger charge is -2.23. The normalized spacial score (nSPS) is 26.6. The van der Waals surface area contributed by atoms with Crippen LogP contribution in [0.4, 0.5) is 0 Å². The number of hydrogen-bond acceptors (Lipinski definition) is 1. The van der Waals surface area contributed by atoms with E-state index in [1.165, 1.54) is 12.8 Å². The van der Waals surface area contributed by atoms with Crippen molar-refractivity contribution in [3.8, 4) is 0 Å². The van der Waals surface area contributed by atoms with Crippen molar-refractivity contribution in [2.75, 3.05) is 6.54 Å². The minimum Gasteiger partial charge on any atom is -0.310 e. The van der Waals surface area contributed by atoms with Crippen molar-refractivity contribution in [1.82, 2.24) is 5.32 Å². The van der Waals surface area contributed by atoms with Crippen molar-refractivity contribution in [3.63, 3.8) is 0 Å². The van der Waals surface area contributed by atoms with Gasteiger partial charge in [0.05, 0.1) is 0 Å². The molecule has 1 aromatic carbocycles. The first kappa shape index (κ1) is 13.6. The lowest BCUT2D eigenvalue weighted by Crippen LogP contribution is -2.25. The Morgan fingerprint density at radius 1 is 1.17 bits per heavy atom. The summed E-state index contributed by atoms with van der Waals surface area (Å²) in [5.41, 5.74) is 3.14. The fourth-order valence-corrected chi connectivity index (χ4v) is 3.38. The van der Waals surface area contributed by atoms with E-state index in [0.717, 1.165) is 24.3 Å². The van der Waals surface area contributed by atoms with Gasteiger partial charge in [-0.15, -0.1) is 0 Å². The Bertz CT molecular complexity index is 383. The topological polar surface area (TPSA) is 12.0 Å². The highest BCUT2D eigenvalue weighted by atomic mass is 14.9. The maximum absolute atomic E-state index is 3.74. The van der Waals surface area contributed by atoms with Gasteiger partial charge in [-0.1, -0.05) is 52.0 Å². The van der Waals surface area contributed by atoms with Crippen molar-refractivity contribution in [3.05, 3.63) is 35.4 Å². The zero-order valence-corrected chi connectivity index (χ0v) is 12.2. The monoisotopic (exact) mass is 245 g/mol. The molecule has 1 nitrogen and oxygen atoms in total. The average molecular weight is 245 g/mol. The summed E-state index contributed by atoms with van der Waals surface area (Å²) >= 11 is 0. The fraction of sp³-hybridized carbons (Fsp3) is 0.647. The molecule has 1 heteroatoms. The highest BCUT2D eigenvalue weighted by molar-refractivity contribution is 5.39. The Balaban J connectivity index is 2.24. The number of rotatable bonds is 5. The molecular formula is C17H27N. The summed E-state index contributed by atoms with van der Waals surface area (Å²) in [4.78, 5) is 0. The summed E-state index contributed by atoms with van der Waals surface area (Å²) in [6, 6.07) is 9.60. The predicted molar refractivity (Wildman–Crippen MR) is 78.8 cm³/mol. The maximum Gasteiger partial charge on any atom is 0.0354 e. The van der Waals surface area contributed by atoms with E-state index in [9.17, 15) is 0 Å². The van der Waals surface area contributed by atoms with Crippen LogP contribution in [0.3, 0.4) is 0 Å². The molecule has 0 fully saturated rings. The first-order valence-electron chi connectivity index (χ1n) is 7.47. The van der Waals surface area contributed by atoms with Gasteiger partial charge in [-0.05, 0) is 48.3 Å². The van der Waals surface area contributed by atoms with E-state index in [-0.39, 0.29) is 0 Å². The van der Waals surface area contributed by atoms with E-state index >= 15 is 0 Å². The van der Waals surface area contributed by atoms with Crippen molar-refractivity contribution in [1.29, 1.82) is 0 Å². The van der Waals surface area contributed by atoms with Crippen molar-refractivity contribution in [2.24, 2.45) is 11.8 Å². The van der Waals surface area contributed by atoms with Crippen LogP contribution < -0.4 is 5.32 Å². The van der Waals surface area contributed by atoms with Crippen LogP contribution in [0.1, 0.15) is 63.6 Å². The summed E-state index contributed by atoms with van der Waals surface area (Å²) in [5.74, 6) is 2.22. The van der Waals surface area contributed by atoms with Crippen LogP contribution in [-0.2, 0) is 0 Å². The molecule has 3 atom stereocenters. The second-order valence-electron chi connectivity index (χ2n) is 6.16. The molecule has 0 aromatic heterocycles. The van der Waals surface area contributed by atoms with Crippen LogP contribution in [0, 0.1) is 11.8 Å². The molecule has 1 aliphatic rings. The standard InChI is InChI=1S/C17H27N/c1-5-10-18-17-13(4)16(11-12(2)3)14-8-6-7-9-15(14)17/h6-9,12-13,16-18H,5,10-11H2,1-4H3. The molecule has 0 saturated carbocycles. The van der Waals surface area contributed by atoms with Crippen LogP contribution in [0.5, 0.6) is 0 Å².